The summed E-state index contributed by atoms with van der Waals surface area (Å²) in [5, 5.41) is 0. The van der Waals surface area contributed by atoms with Crippen LogP contribution in [0.4, 0.5) is 0 Å². The van der Waals surface area contributed by atoms with Crippen LogP contribution in [0, 0.1) is 11.8 Å². The standard InChI is InChI=1S/C13H25N3/c1-10(2)6-12-7-15-9-16(12)13(5,8-14)11(3)4/h7,9-11H,6,8,14H2,1-5H3. The smallest absolute Gasteiger partial charge is 0.0953 e. The second-order valence-electron chi connectivity index (χ2n) is 5.57. The Morgan fingerprint density at radius 3 is 2.44 bits per heavy atom. The minimum Gasteiger partial charge on any atom is -0.328 e. The largest absolute Gasteiger partial charge is 0.328 e. The molecule has 1 rings (SSSR count). The normalized spacial score (nSPS) is 15.8. The minimum atomic E-state index is -0.0271. The zero-order chi connectivity index (χ0) is 12.3. The van der Waals surface area contributed by atoms with Crippen LogP contribution in [-0.4, -0.2) is 16.1 Å². The molecule has 0 aromatic carbocycles. The summed E-state index contributed by atoms with van der Waals surface area (Å²) in [5.41, 5.74) is 7.21. The van der Waals surface area contributed by atoms with E-state index in [0.29, 0.717) is 18.4 Å². The highest BCUT2D eigenvalue weighted by atomic mass is 15.1. The summed E-state index contributed by atoms with van der Waals surface area (Å²) in [6.07, 6.45) is 4.95. The van der Waals surface area contributed by atoms with Crippen molar-refractivity contribution in [3.63, 3.8) is 0 Å². The fourth-order valence-corrected chi connectivity index (χ4v) is 1.96. The highest BCUT2D eigenvalue weighted by Crippen LogP contribution is 2.27. The lowest BCUT2D eigenvalue weighted by Crippen LogP contribution is -2.43. The van der Waals surface area contributed by atoms with Crippen LogP contribution in [0.2, 0.25) is 0 Å². The number of nitrogens with zero attached hydrogens (tertiary/aromatic N) is 2. The molecule has 0 bridgehead atoms. The molecule has 1 aromatic heterocycles. The van der Waals surface area contributed by atoms with Crippen molar-refractivity contribution in [1.82, 2.24) is 9.55 Å². The topological polar surface area (TPSA) is 43.8 Å². The molecule has 0 saturated carbocycles. The molecule has 1 aromatic rings. The van der Waals surface area contributed by atoms with Gasteiger partial charge in [0.15, 0.2) is 0 Å². The summed E-state index contributed by atoms with van der Waals surface area (Å²) < 4.78 is 2.26. The summed E-state index contributed by atoms with van der Waals surface area (Å²) in [5.74, 6) is 1.14. The third-order valence-corrected chi connectivity index (χ3v) is 3.54. The Bertz CT molecular complexity index is 328. The Kier molecular flexibility index (Phi) is 4.14. The van der Waals surface area contributed by atoms with Crippen molar-refractivity contribution < 1.29 is 0 Å². The molecular weight excluding hydrogens is 198 g/mol. The summed E-state index contributed by atoms with van der Waals surface area (Å²) >= 11 is 0. The first-order valence-electron chi connectivity index (χ1n) is 6.13. The lowest BCUT2D eigenvalue weighted by Gasteiger charge is -2.35. The van der Waals surface area contributed by atoms with Gasteiger partial charge in [0.2, 0.25) is 0 Å². The number of aromatic nitrogens is 2. The van der Waals surface area contributed by atoms with Crippen LogP contribution in [0.15, 0.2) is 12.5 Å². The van der Waals surface area contributed by atoms with Gasteiger partial charge < -0.3 is 10.3 Å². The van der Waals surface area contributed by atoms with Crippen LogP contribution in [-0.2, 0) is 12.0 Å². The molecule has 0 aliphatic carbocycles. The number of hydrogen-bond acceptors (Lipinski definition) is 2. The third-order valence-electron chi connectivity index (χ3n) is 3.54. The van der Waals surface area contributed by atoms with Gasteiger partial charge in [0.05, 0.1) is 11.9 Å². The molecule has 1 heterocycles. The Labute approximate surface area is 99.1 Å². The van der Waals surface area contributed by atoms with Gasteiger partial charge >= 0.3 is 0 Å². The average molecular weight is 223 g/mol. The van der Waals surface area contributed by atoms with Crippen LogP contribution in [0.3, 0.4) is 0 Å². The fraction of sp³-hybridized carbons (Fsp3) is 0.769. The fourth-order valence-electron chi connectivity index (χ4n) is 1.96. The van der Waals surface area contributed by atoms with Crippen LogP contribution < -0.4 is 5.73 Å². The van der Waals surface area contributed by atoms with E-state index in [2.05, 4.69) is 44.2 Å². The van der Waals surface area contributed by atoms with E-state index in [1.807, 2.05) is 12.5 Å². The molecule has 0 spiro atoms. The van der Waals surface area contributed by atoms with E-state index in [4.69, 9.17) is 5.73 Å². The van der Waals surface area contributed by atoms with Crippen molar-refractivity contribution in [3.8, 4) is 0 Å². The van der Waals surface area contributed by atoms with Crippen molar-refractivity contribution in [3.05, 3.63) is 18.2 Å². The number of hydrogen-bond donors (Lipinski definition) is 1. The molecule has 0 radical (unpaired) electrons. The predicted molar refractivity (Wildman–Crippen MR) is 68.3 cm³/mol. The molecule has 3 nitrogen and oxygen atoms in total. The maximum atomic E-state index is 5.95. The van der Waals surface area contributed by atoms with Gasteiger partial charge in [-0.2, -0.15) is 0 Å². The quantitative estimate of drug-likeness (QED) is 0.833. The second kappa shape index (κ2) is 5.00. The van der Waals surface area contributed by atoms with Crippen molar-refractivity contribution >= 4 is 0 Å². The van der Waals surface area contributed by atoms with Gasteiger partial charge in [-0.05, 0) is 25.2 Å². The van der Waals surface area contributed by atoms with Gasteiger partial charge in [0.25, 0.3) is 0 Å². The van der Waals surface area contributed by atoms with Gasteiger partial charge in [0, 0.05) is 18.4 Å². The molecule has 2 N–H and O–H groups in total. The highest BCUT2D eigenvalue weighted by Gasteiger charge is 2.30. The molecule has 0 saturated heterocycles. The van der Waals surface area contributed by atoms with E-state index in [-0.39, 0.29) is 5.54 Å². The molecule has 0 aliphatic heterocycles. The minimum absolute atomic E-state index is 0.0271. The maximum absolute atomic E-state index is 5.95. The summed E-state index contributed by atoms with van der Waals surface area (Å²) in [4.78, 5) is 4.28. The van der Waals surface area contributed by atoms with Gasteiger partial charge in [-0.1, -0.05) is 27.7 Å². The van der Waals surface area contributed by atoms with Gasteiger partial charge in [0.1, 0.15) is 0 Å². The first kappa shape index (κ1) is 13.2. The number of rotatable bonds is 5. The van der Waals surface area contributed by atoms with E-state index in [0.717, 1.165) is 6.42 Å². The number of nitrogens with two attached hydrogens (primary N) is 1. The van der Waals surface area contributed by atoms with Gasteiger partial charge in [-0.3, -0.25) is 0 Å². The molecule has 16 heavy (non-hydrogen) atoms. The Hall–Kier alpha value is -0.830. The molecular formula is C13H25N3. The van der Waals surface area contributed by atoms with Crippen LogP contribution in [0.5, 0.6) is 0 Å². The lowest BCUT2D eigenvalue weighted by molar-refractivity contribution is 0.223. The molecule has 0 aliphatic rings. The van der Waals surface area contributed by atoms with Crippen LogP contribution >= 0.6 is 0 Å². The van der Waals surface area contributed by atoms with Crippen LogP contribution in [0.25, 0.3) is 0 Å². The highest BCUT2D eigenvalue weighted by molar-refractivity contribution is 5.05. The Morgan fingerprint density at radius 1 is 1.38 bits per heavy atom. The van der Waals surface area contributed by atoms with Crippen molar-refractivity contribution in [1.29, 1.82) is 0 Å². The van der Waals surface area contributed by atoms with E-state index in [1.165, 1.54) is 5.69 Å². The van der Waals surface area contributed by atoms with Gasteiger partial charge in [-0.25, -0.2) is 4.98 Å². The van der Waals surface area contributed by atoms with E-state index in [1.54, 1.807) is 0 Å². The van der Waals surface area contributed by atoms with E-state index >= 15 is 0 Å². The van der Waals surface area contributed by atoms with E-state index < -0.39 is 0 Å². The van der Waals surface area contributed by atoms with E-state index in [9.17, 15) is 0 Å². The average Bonchev–Trinajstić information content (AvgIpc) is 2.63. The summed E-state index contributed by atoms with van der Waals surface area (Å²) in [6, 6.07) is 0. The van der Waals surface area contributed by atoms with Crippen molar-refractivity contribution in [2.45, 2.75) is 46.6 Å². The maximum Gasteiger partial charge on any atom is 0.0953 e. The predicted octanol–water partition coefficient (Wildman–Crippen LogP) is 2.41. The monoisotopic (exact) mass is 223 g/mol. The molecule has 1 atom stereocenters. The van der Waals surface area contributed by atoms with Gasteiger partial charge in [-0.15, -0.1) is 0 Å². The Morgan fingerprint density at radius 2 is 2.00 bits per heavy atom. The second-order valence-corrected chi connectivity index (χ2v) is 5.57. The molecule has 1 unspecified atom stereocenters. The SMILES string of the molecule is CC(C)Cc1cncn1C(C)(CN)C(C)C. The Balaban J connectivity index is 3.06. The zero-order valence-electron chi connectivity index (χ0n) is 11.2. The number of imidazole rings is 1. The first-order valence-corrected chi connectivity index (χ1v) is 6.13. The van der Waals surface area contributed by atoms with Crippen molar-refractivity contribution in [2.75, 3.05) is 6.54 Å². The summed E-state index contributed by atoms with van der Waals surface area (Å²) in [6.45, 7) is 11.7. The van der Waals surface area contributed by atoms with Crippen LogP contribution in [0.1, 0.15) is 40.3 Å². The summed E-state index contributed by atoms with van der Waals surface area (Å²) in [7, 11) is 0. The molecule has 0 fully saturated rings. The third kappa shape index (κ3) is 2.46. The van der Waals surface area contributed by atoms with Crippen molar-refractivity contribution in [2.24, 2.45) is 17.6 Å². The molecule has 92 valence electrons. The molecule has 0 amide bonds. The molecule has 3 heteroatoms. The lowest BCUT2D eigenvalue weighted by atomic mass is 9.87. The first-order chi connectivity index (χ1) is 7.41. The zero-order valence-corrected chi connectivity index (χ0v) is 11.2.